The van der Waals surface area contributed by atoms with Gasteiger partial charge in [-0.2, -0.15) is 0 Å². The fourth-order valence-electron chi connectivity index (χ4n) is 2.64. The molecule has 0 saturated heterocycles. The Morgan fingerprint density at radius 3 is 2.50 bits per heavy atom. The predicted molar refractivity (Wildman–Crippen MR) is 96.0 cm³/mol. The van der Waals surface area contributed by atoms with Crippen LogP contribution in [0.5, 0.6) is 5.75 Å². The second kappa shape index (κ2) is 7.74. The first-order chi connectivity index (χ1) is 12.6. The molecule has 0 radical (unpaired) electrons. The smallest absolute Gasteiger partial charge is 0.341 e. The van der Waals surface area contributed by atoms with Crippen LogP contribution in [0.3, 0.4) is 0 Å². The SMILES string of the molecule is COC(=O)c1cc2ccccc2cc1OCC(=O)N[C@H](C)c1ccco1. The molecular formula is C20H19NO5. The fourth-order valence-corrected chi connectivity index (χ4v) is 2.64. The molecule has 0 aliphatic heterocycles. The zero-order valence-electron chi connectivity index (χ0n) is 14.5. The number of hydrogen-bond donors (Lipinski definition) is 1. The first-order valence-corrected chi connectivity index (χ1v) is 8.15. The highest BCUT2D eigenvalue weighted by Gasteiger charge is 2.17. The molecule has 0 fully saturated rings. The minimum atomic E-state index is -0.518. The maximum Gasteiger partial charge on any atom is 0.341 e. The molecule has 2 aromatic carbocycles. The zero-order valence-corrected chi connectivity index (χ0v) is 14.5. The van der Waals surface area contributed by atoms with Gasteiger partial charge in [0.05, 0.1) is 19.4 Å². The molecule has 0 saturated carbocycles. The molecule has 6 nitrogen and oxygen atoms in total. The van der Waals surface area contributed by atoms with Crippen molar-refractivity contribution in [3.8, 4) is 5.75 Å². The van der Waals surface area contributed by atoms with Gasteiger partial charge in [0, 0.05) is 0 Å². The second-order valence-electron chi connectivity index (χ2n) is 5.78. The monoisotopic (exact) mass is 353 g/mol. The van der Waals surface area contributed by atoms with Gasteiger partial charge in [0.25, 0.3) is 5.91 Å². The van der Waals surface area contributed by atoms with Crippen molar-refractivity contribution < 1.29 is 23.5 Å². The Labute approximate surface area is 150 Å². The van der Waals surface area contributed by atoms with E-state index >= 15 is 0 Å². The van der Waals surface area contributed by atoms with Crippen LogP contribution in [0, 0.1) is 0 Å². The standard InChI is InChI=1S/C20H19NO5/c1-13(17-8-5-9-25-17)21-19(22)12-26-18-11-15-7-4-3-6-14(15)10-16(18)20(23)24-2/h3-11,13H,12H2,1-2H3,(H,21,22)/t13-/m1/s1. The highest BCUT2D eigenvalue weighted by Crippen LogP contribution is 2.27. The third-order valence-electron chi connectivity index (χ3n) is 3.96. The number of carbonyl (C=O) groups is 2. The van der Waals surface area contributed by atoms with Crippen molar-refractivity contribution in [1.82, 2.24) is 5.32 Å². The first kappa shape index (κ1) is 17.5. The van der Waals surface area contributed by atoms with E-state index in [-0.39, 0.29) is 24.1 Å². The molecular weight excluding hydrogens is 334 g/mol. The average Bonchev–Trinajstić information content (AvgIpc) is 3.20. The van der Waals surface area contributed by atoms with Crippen molar-refractivity contribution in [3.05, 3.63) is 66.1 Å². The lowest BCUT2D eigenvalue weighted by Crippen LogP contribution is -2.31. The van der Waals surface area contributed by atoms with E-state index in [0.29, 0.717) is 11.5 Å². The van der Waals surface area contributed by atoms with Crippen LogP contribution in [0.1, 0.15) is 29.1 Å². The molecule has 1 amide bonds. The zero-order chi connectivity index (χ0) is 18.5. The number of esters is 1. The number of carbonyl (C=O) groups excluding carboxylic acids is 2. The summed E-state index contributed by atoms with van der Waals surface area (Å²) in [6, 6.07) is 14.3. The first-order valence-electron chi connectivity index (χ1n) is 8.15. The van der Waals surface area contributed by atoms with Gasteiger partial charge in [0.2, 0.25) is 0 Å². The Balaban J connectivity index is 1.74. The third-order valence-corrected chi connectivity index (χ3v) is 3.96. The van der Waals surface area contributed by atoms with Crippen molar-refractivity contribution in [2.45, 2.75) is 13.0 Å². The molecule has 0 aliphatic rings. The number of ether oxygens (including phenoxy) is 2. The van der Waals surface area contributed by atoms with Crippen molar-refractivity contribution >= 4 is 22.6 Å². The van der Waals surface area contributed by atoms with Gasteiger partial charge >= 0.3 is 5.97 Å². The Morgan fingerprint density at radius 1 is 1.12 bits per heavy atom. The highest BCUT2D eigenvalue weighted by molar-refractivity contribution is 5.98. The molecule has 1 N–H and O–H groups in total. The summed E-state index contributed by atoms with van der Waals surface area (Å²) in [6.45, 7) is 1.58. The number of amides is 1. The lowest BCUT2D eigenvalue weighted by Gasteiger charge is -2.14. The quantitative estimate of drug-likeness (QED) is 0.687. The van der Waals surface area contributed by atoms with Crippen molar-refractivity contribution in [3.63, 3.8) is 0 Å². The van der Waals surface area contributed by atoms with E-state index in [1.54, 1.807) is 30.5 Å². The summed E-state index contributed by atoms with van der Waals surface area (Å²) < 4.78 is 15.7. The maximum atomic E-state index is 12.1. The number of fused-ring (bicyclic) bond motifs is 1. The Hall–Kier alpha value is -3.28. The number of furan rings is 1. The summed E-state index contributed by atoms with van der Waals surface area (Å²) in [7, 11) is 1.30. The summed E-state index contributed by atoms with van der Waals surface area (Å²) in [5.74, 6) is 0.114. The number of rotatable bonds is 6. The van der Waals surface area contributed by atoms with Gasteiger partial charge in [-0.15, -0.1) is 0 Å². The van der Waals surface area contributed by atoms with Gasteiger partial charge in [-0.05, 0) is 42.0 Å². The van der Waals surface area contributed by atoms with Gasteiger partial charge in [-0.25, -0.2) is 4.79 Å². The number of methoxy groups -OCH3 is 1. The van der Waals surface area contributed by atoms with E-state index in [4.69, 9.17) is 13.9 Å². The highest BCUT2D eigenvalue weighted by atomic mass is 16.5. The number of hydrogen-bond acceptors (Lipinski definition) is 5. The maximum absolute atomic E-state index is 12.1. The lowest BCUT2D eigenvalue weighted by molar-refractivity contribution is -0.123. The van der Waals surface area contributed by atoms with Crippen molar-refractivity contribution in [1.29, 1.82) is 0 Å². The topological polar surface area (TPSA) is 77.8 Å². The van der Waals surface area contributed by atoms with Gasteiger partial charge in [-0.1, -0.05) is 24.3 Å². The van der Waals surface area contributed by atoms with Crippen molar-refractivity contribution in [2.24, 2.45) is 0 Å². The van der Waals surface area contributed by atoms with Crippen LogP contribution in [0.2, 0.25) is 0 Å². The second-order valence-corrected chi connectivity index (χ2v) is 5.78. The van der Waals surface area contributed by atoms with Crippen LogP contribution in [0.25, 0.3) is 10.8 Å². The van der Waals surface area contributed by atoms with Gasteiger partial charge in [0.15, 0.2) is 6.61 Å². The average molecular weight is 353 g/mol. The molecule has 3 aromatic rings. The van der Waals surface area contributed by atoms with Crippen LogP contribution in [0.4, 0.5) is 0 Å². The summed E-state index contributed by atoms with van der Waals surface area (Å²) >= 11 is 0. The third kappa shape index (κ3) is 3.85. The van der Waals surface area contributed by atoms with E-state index < -0.39 is 5.97 Å². The van der Waals surface area contributed by atoms with Crippen LogP contribution in [-0.2, 0) is 9.53 Å². The van der Waals surface area contributed by atoms with Crippen LogP contribution < -0.4 is 10.1 Å². The molecule has 1 heterocycles. The number of nitrogens with one attached hydrogen (secondary N) is 1. The van der Waals surface area contributed by atoms with E-state index in [2.05, 4.69) is 5.32 Å². The summed E-state index contributed by atoms with van der Waals surface area (Å²) in [5, 5.41) is 4.57. The summed E-state index contributed by atoms with van der Waals surface area (Å²) in [5.41, 5.74) is 0.276. The molecule has 1 aromatic heterocycles. The molecule has 26 heavy (non-hydrogen) atoms. The minimum Gasteiger partial charge on any atom is -0.483 e. The molecule has 6 heteroatoms. The summed E-state index contributed by atoms with van der Waals surface area (Å²) in [4.78, 5) is 24.2. The Kier molecular flexibility index (Phi) is 5.22. The Morgan fingerprint density at radius 2 is 1.85 bits per heavy atom. The van der Waals surface area contributed by atoms with Crippen LogP contribution >= 0.6 is 0 Å². The van der Waals surface area contributed by atoms with E-state index in [0.717, 1.165) is 10.8 Å². The molecule has 134 valence electrons. The Bertz CT molecular complexity index is 917. The molecule has 3 rings (SSSR count). The van der Waals surface area contributed by atoms with E-state index in [1.807, 2.05) is 31.2 Å². The lowest BCUT2D eigenvalue weighted by atomic mass is 10.1. The molecule has 0 aliphatic carbocycles. The minimum absolute atomic E-state index is 0.229. The number of benzene rings is 2. The molecule has 1 atom stereocenters. The van der Waals surface area contributed by atoms with E-state index in [9.17, 15) is 9.59 Å². The largest absolute Gasteiger partial charge is 0.483 e. The molecule has 0 bridgehead atoms. The predicted octanol–water partition coefficient (Wildman–Crippen LogP) is 3.48. The normalized spacial score (nSPS) is 11.8. The molecule has 0 unspecified atom stereocenters. The van der Waals surface area contributed by atoms with Crippen LogP contribution in [-0.4, -0.2) is 25.6 Å². The van der Waals surface area contributed by atoms with Gasteiger partial charge in [-0.3, -0.25) is 4.79 Å². The van der Waals surface area contributed by atoms with Crippen molar-refractivity contribution in [2.75, 3.05) is 13.7 Å². The fraction of sp³-hybridized carbons (Fsp3) is 0.200. The van der Waals surface area contributed by atoms with Gasteiger partial charge < -0.3 is 19.2 Å². The van der Waals surface area contributed by atoms with Gasteiger partial charge in [0.1, 0.15) is 17.1 Å². The van der Waals surface area contributed by atoms with E-state index in [1.165, 1.54) is 7.11 Å². The summed E-state index contributed by atoms with van der Waals surface area (Å²) in [6.07, 6.45) is 1.55. The van der Waals surface area contributed by atoms with Crippen LogP contribution in [0.15, 0.2) is 59.2 Å². The molecule has 0 spiro atoms.